The highest BCUT2D eigenvalue weighted by Gasteiger charge is 2.14. The Bertz CT molecular complexity index is 780. The minimum Gasteiger partial charge on any atom is -0.388 e. The topological polar surface area (TPSA) is 20.2 Å². The normalized spacial score (nSPS) is 12.5. The molecular weight excluding hydrogens is 331 g/mol. The number of benzene rings is 3. The van der Waals surface area contributed by atoms with Crippen molar-refractivity contribution in [2.75, 3.05) is 0 Å². The van der Waals surface area contributed by atoms with E-state index in [9.17, 15) is 9.50 Å². The van der Waals surface area contributed by atoms with Gasteiger partial charge >= 0.3 is 0 Å². The second-order valence-electron chi connectivity index (χ2n) is 5.00. The molecule has 0 saturated heterocycles. The van der Waals surface area contributed by atoms with Gasteiger partial charge in [0.2, 0.25) is 0 Å². The number of rotatable bonds is 3. The van der Waals surface area contributed by atoms with Crippen LogP contribution in [0.5, 0.6) is 0 Å². The fraction of sp³-hybridized carbons (Fsp3) is 0.111. The Morgan fingerprint density at radius 3 is 2.52 bits per heavy atom. The van der Waals surface area contributed by atoms with Crippen molar-refractivity contribution in [1.82, 2.24) is 0 Å². The highest BCUT2D eigenvalue weighted by Crippen LogP contribution is 2.29. The molecule has 1 unspecified atom stereocenters. The number of halogens is 2. The van der Waals surface area contributed by atoms with Crippen LogP contribution in [0.2, 0.25) is 0 Å². The van der Waals surface area contributed by atoms with E-state index in [1.54, 1.807) is 6.07 Å². The molecule has 3 aromatic carbocycles. The Morgan fingerprint density at radius 2 is 1.67 bits per heavy atom. The maximum absolute atomic E-state index is 13.6. The van der Waals surface area contributed by atoms with Crippen molar-refractivity contribution in [2.45, 2.75) is 12.5 Å². The van der Waals surface area contributed by atoms with Crippen LogP contribution in [0.3, 0.4) is 0 Å². The number of aliphatic hydroxyl groups excluding tert-OH is 1. The molecule has 1 N–H and O–H groups in total. The summed E-state index contributed by atoms with van der Waals surface area (Å²) in [4.78, 5) is 0. The zero-order valence-electron chi connectivity index (χ0n) is 11.3. The molecule has 0 heterocycles. The van der Waals surface area contributed by atoms with E-state index < -0.39 is 6.10 Å². The molecule has 0 aliphatic heterocycles. The van der Waals surface area contributed by atoms with Gasteiger partial charge in [-0.25, -0.2) is 4.39 Å². The van der Waals surface area contributed by atoms with Crippen molar-refractivity contribution >= 4 is 26.7 Å². The first-order chi connectivity index (χ1) is 10.2. The number of aliphatic hydroxyl groups is 1. The van der Waals surface area contributed by atoms with Gasteiger partial charge in [0.25, 0.3) is 0 Å². The molecule has 0 aliphatic rings. The molecule has 0 radical (unpaired) electrons. The number of fused-ring (bicyclic) bond motifs is 1. The molecule has 0 amide bonds. The Balaban J connectivity index is 1.97. The fourth-order valence-corrected chi connectivity index (χ4v) is 2.99. The Labute approximate surface area is 131 Å². The molecule has 3 aromatic rings. The zero-order chi connectivity index (χ0) is 14.8. The van der Waals surface area contributed by atoms with Gasteiger partial charge in [0, 0.05) is 6.42 Å². The van der Waals surface area contributed by atoms with Crippen molar-refractivity contribution in [1.29, 1.82) is 0 Å². The summed E-state index contributed by atoms with van der Waals surface area (Å²) in [6, 6.07) is 18.7. The lowest BCUT2D eigenvalue weighted by molar-refractivity contribution is 0.179. The first-order valence-electron chi connectivity index (χ1n) is 6.75. The highest BCUT2D eigenvalue weighted by atomic mass is 79.9. The van der Waals surface area contributed by atoms with E-state index in [1.165, 1.54) is 6.07 Å². The van der Waals surface area contributed by atoms with Crippen LogP contribution in [-0.4, -0.2) is 5.11 Å². The van der Waals surface area contributed by atoms with E-state index in [1.807, 2.05) is 48.5 Å². The summed E-state index contributed by atoms with van der Waals surface area (Å²) in [7, 11) is 0. The van der Waals surface area contributed by atoms with Crippen molar-refractivity contribution in [3.05, 3.63) is 82.1 Å². The van der Waals surface area contributed by atoms with E-state index in [4.69, 9.17) is 0 Å². The summed E-state index contributed by atoms with van der Waals surface area (Å²) < 4.78 is 14.0. The predicted molar refractivity (Wildman–Crippen MR) is 86.7 cm³/mol. The third kappa shape index (κ3) is 2.85. The smallest absolute Gasteiger partial charge is 0.137 e. The molecule has 21 heavy (non-hydrogen) atoms. The molecule has 0 saturated carbocycles. The van der Waals surface area contributed by atoms with Crippen LogP contribution in [0.15, 0.2) is 65.1 Å². The molecule has 3 rings (SSSR count). The second kappa shape index (κ2) is 5.96. The summed E-state index contributed by atoms with van der Waals surface area (Å²) in [6.45, 7) is 0. The fourth-order valence-electron chi connectivity index (χ4n) is 2.57. The van der Waals surface area contributed by atoms with Crippen LogP contribution >= 0.6 is 15.9 Å². The van der Waals surface area contributed by atoms with Crippen LogP contribution in [0, 0.1) is 5.82 Å². The summed E-state index contributed by atoms with van der Waals surface area (Å²) in [6.07, 6.45) is -0.305. The molecular formula is C18H14BrFO. The summed E-state index contributed by atoms with van der Waals surface area (Å²) in [5.74, 6) is -0.308. The Kier molecular flexibility index (Phi) is 4.04. The van der Waals surface area contributed by atoms with Gasteiger partial charge in [-0.1, -0.05) is 54.6 Å². The third-order valence-electron chi connectivity index (χ3n) is 3.63. The van der Waals surface area contributed by atoms with Gasteiger partial charge in [-0.2, -0.15) is 0 Å². The largest absolute Gasteiger partial charge is 0.388 e. The van der Waals surface area contributed by atoms with Crippen LogP contribution in [0.1, 0.15) is 17.2 Å². The van der Waals surface area contributed by atoms with Crippen LogP contribution < -0.4 is 0 Å². The molecule has 0 aliphatic carbocycles. The maximum atomic E-state index is 13.6. The van der Waals surface area contributed by atoms with E-state index in [0.29, 0.717) is 10.9 Å². The lowest BCUT2D eigenvalue weighted by Crippen LogP contribution is -2.03. The molecule has 0 aromatic heterocycles. The first-order valence-corrected chi connectivity index (χ1v) is 7.55. The number of hydrogen-bond donors (Lipinski definition) is 1. The quantitative estimate of drug-likeness (QED) is 0.707. The SMILES string of the molecule is OC(Cc1cccc(F)c1Br)c1cccc2ccccc12. The van der Waals surface area contributed by atoms with Crippen molar-refractivity contribution in [3.8, 4) is 0 Å². The molecule has 3 heteroatoms. The summed E-state index contributed by atoms with van der Waals surface area (Å²) in [5, 5.41) is 12.7. The van der Waals surface area contributed by atoms with E-state index in [2.05, 4.69) is 15.9 Å². The van der Waals surface area contributed by atoms with E-state index in [0.717, 1.165) is 21.9 Å². The van der Waals surface area contributed by atoms with Crippen molar-refractivity contribution in [2.24, 2.45) is 0 Å². The summed E-state index contributed by atoms with van der Waals surface area (Å²) in [5.41, 5.74) is 1.62. The monoisotopic (exact) mass is 344 g/mol. The average molecular weight is 345 g/mol. The zero-order valence-corrected chi connectivity index (χ0v) is 12.8. The lowest BCUT2D eigenvalue weighted by Gasteiger charge is -2.15. The molecule has 1 atom stereocenters. The molecule has 0 bridgehead atoms. The van der Waals surface area contributed by atoms with Crippen molar-refractivity contribution in [3.63, 3.8) is 0 Å². The Morgan fingerprint density at radius 1 is 0.952 bits per heavy atom. The first kappa shape index (κ1) is 14.2. The van der Waals surface area contributed by atoms with E-state index in [-0.39, 0.29) is 5.82 Å². The second-order valence-corrected chi connectivity index (χ2v) is 5.79. The predicted octanol–water partition coefficient (Wildman–Crippen LogP) is 5.02. The van der Waals surface area contributed by atoms with Gasteiger partial charge in [0.15, 0.2) is 0 Å². The molecule has 0 fully saturated rings. The van der Waals surface area contributed by atoms with Gasteiger partial charge in [-0.3, -0.25) is 0 Å². The van der Waals surface area contributed by atoms with Gasteiger partial charge in [0.05, 0.1) is 10.6 Å². The highest BCUT2D eigenvalue weighted by molar-refractivity contribution is 9.10. The maximum Gasteiger partial charge on any atom is 0.137 e. The molecule has 1 nitrogen and oxygen atoms in total. The standard InChI is InChI=1S/C18H14BrFO/c19-18-13(7-4-10-16(18)20)11-17(21)15-9-3-6-12-5-1-2-8-14(12)15/h1-10,17,21H,11H2. The van der Waals surface area contributed by atoms with Crippen LogP contribution in [-0.2, 0) is 6.42 Å². The van der Waals surface area contributed by atoms with Gasteiger partial charge in [0.1, 0.15) is 5.82 Å². The third-order valence-corrected chi connectivity index (χ3v) is 4.52. The van der Waals surface area contributed by atoms with Crippen LogP contribution in [0.4, 0.5) is 4.39 Å². The molecule has 0 spiro atoms. The van der Waals surface area contributed by atoms with Gasteiger partial charge < -0.3 is 5.11 Å². The van der Waals surface area contributed by atoms with E-state index >= 15 is 0 Å². The minimum atomic E-state index is -0.672. The minimum absolute atomic E-state index is 0.308. The molecule has 106 valence electrons. The Hall–Kier alpha value is -1.71. The lowest BCUT2D eigenvalue weighted by atomic mass is 9.96. The average Bonchev–Trinajstić information content (AvgIpc) is 2.51. The van der Waals surface area contributed by atoms with Crippen LogP contribution in [0.25, 0.3) is 10.8 Å². The number of hydrogen-bond acceptors (Lipinski definition) is 1. The van der Waals surface area contributed by atoms with Gasteiger partial charge in [-0.15, -0.1) is 0 Å². The van der Waals surface area contributed by atoms with Gasteiger partial charge in [-0.05, 0) is 43.9 Å². The summed E-state index contributed by atoms with van der Waals surface area (Å²) >= 11 is 3.24. The van der Waals surface area contributed by atoms with Crippen molar-refractivity contribution < 1.29 is 9.50 Å².